The van der Waals surface area contributed by atoms with Gasteiger partial charge in [-0.25, -0.2) is 9.67 Å². The summed E-state index contributed by atoms with van der Waals surface area (Å²) in [5.74, 6) is 0.802. The molecule has 0 bridgehead atoms. The molecule has 0 amide bonds. The molecule has 0 spiro atoms. The van der Waals surface area contributed by atoms with Crippen molar-refractivity contribution in [3.8, 4) is 22.8 Å². The summed E-state index contributed by atoms with van der Waals surface area (Å²) in [5, 5.41) is 18.4. The Hall–Kier alpha value is -4.24. The first-order valence-electron chi connectivity index (χ1n) is 11.3. The summed E-state index contributed by atoms with van der Waals surface area (Å²) in [6.07, 6.45) is 1.47. The number of nitro benzene ring substituents is 1. The summed E-state index contributed by atoms with van der Waals surface area (Å²) in [7, 11) is 0. The number of benzene rings is 3. The van der Waals surface area contributed by atoms with Gasteiger partial charge in [-0.3, -0.25) is 10.1 Å². The standard InChI is InChI=1S/C27H24N4O4S/c1-16-8-9-20(10-19(16)4)23-14-36-27(29-26-17(2)6-5-7-18(26)3)30(23)28-13-21-11-24-25(35-15-34-24)12-22(21)31(32)33/h5-14H,15H2,1-4H3. The molecule has 4 aromatic rings. The lowest BCUT2D eigenvalue weighted by Crippen LogP contribution is -2.12. The molecule has 1 aromatic heterocycles. The van der Waals surface area contributed by atoms with Crippen LogP contribution < -0.4 is 14.3 Å². The van der Waals surface area contributed by atoms with Crippen LogP contribution in [0.5, 0.6) is 11.5 Å². The van der Waals surface area contributed by atoms with Crippen molar-refractivity contribution in [2.45, 2.75) is 27.7 Å². The van der Waals surface area contributed by atoms with Gasteiger partial charge in [0.05, 0.1) is 34.1 Å². The minimum Gasteiger partial charge on any atom is -0.454 e. The summed E-state index contributed by atoms with van der Waals surface area (Å²) in [6.45, 7) is 8.21. The fourth-order valence-electron chi connectivity index (χ4n) is 3.99. The van der Waals surface area contributed by atoms with Crippen LogP contribution in [-0.2, 0) is 0 Å². The second-order valence-electron chi connectivity index (χ2n) is 8.63. The summed E-state index contributed by atoms with van der Waals surface area (Å²) < 4.78 is 12.5. The number of aryl methyl sites for hydroxylation is 4. The topological polar surface area (TPSA) is 91.2 Å². The van der Waals surface area contributed by atoms with Crippen LogP contribution in [0.3, 0.4) is 0 Å². The van der Waals surface area contributed by atoms with E-state index in [1.165, 1.54) is 29.2 Å². The van der Waals surface area contributed by atoms with Gasteiger partial charge < -0.3 is 9.47 Å². The van der Waals surface area contributed by atoms with E-state index >= 15 is 0 Å². The van der Waals surface area contributed by atoms with E-state index in [1.54, 1.807) is 10.7 Å². The molecular weight excluding hydrogens is 476 g/mol. The Kier molecular flexibility index (Phi) is 6.15. The molecule has 3 aromatic carbocycles. The maximum Gasteiger partial charge on any atom is 0.282 e. The molecule has 0 fully saturated rings. The van der Waals surface area contributed by atoms with Crippen LogP contribution in [0.1, 0.15) is 27.8 Å². The average Bonchev–Trinajstić information content (AvgIpc) is 3.47. The Labute approximate surface area is 211 Å². The summed E-state index contributed by atoms with van der Waals surface area (Å²) in [4.78, 5) is 16.9. The van der Waals surface area contributed by atoms with Crippen LogP contribution in [0.25, 0.3) is 11.3 Å². The molecule has 2 heterocycles. The molecule has 0 saturated carbocycles. The maximum atomic E-state index is 11.7. The normalized spacial score (nSPS) is 13.1. The summed E-state index contributed by atoms with van der Waals surface area (Å²) in [5.41, 5.74) is 7.36. The van der Waals surface area contributed by atoms with Crippen LogP contribution in [0, 0.1) is 37.8 Å². The lowest BCUT2D eigenvalue weighted by atomic mass is 10.1. The van der Waals surface area contributed by atoms with Crippen molar-refractivity contribution in [2.75, 3.05) is 6.79 Å². The molecule has 0 radical (unpaired) electrons. The highest BCUT2D eigenvalue weighted by Crippen LogP contribution is 2.37. The van der Waals surface area contributed by atoms with Crippen LogP contribution in [-0.4, -0.2) is 22.6 Å². The summed E-state index contributed by atoms with van der Waals surface area (Å²) >= 11 is 1.46. The van der Waals surface area contributed by atoms with Crippen molar-refractivity contribution >= 4 is 28.9 Å². The van der Waals surface area contributed by atoms with Gasteiger partial charge in [-0.1, -0.05) is 30.3 Å². The first-order valence-corrected chi connectivity index (χ1v) is 12.2. The number of para-hydroxylation sites is 1. The molecule has 0 unspecified atom stereocenters. The molecule has 36 heavy (non-hydrogen) atoms. The van der Waals surface area contributed by atoms with Gasteiger partial charge in [-0.15, -0.1) is 11.3 Å². The van der Waals surface area contributed by atoms with Crippen LogP contribution >= 0.6 is 11.3 Å². The Balaban J connectivity index is 1.70. The minimum absolute atomic E-state index is 0.0299. The fraction of sp³-hybridized carbons (Fsp3) is 0.185. The highest BCUT2D eigenvalue weighted by Gasteiger charge is 2.22. The van der Waals surface area contributed by atoms with Crippen LogP contribution in [0.15, 0.2) is 64.0 Å². The number of aromatic nitrogens is 1. The predicted molar refractivity (Wildman–Crippen MR) is 141 cm³/mol. The van der Waals surface area contributed by atoms with Crippen molar-refractivity contribution in [3.63, 3.8) is 0 Å². The van der Waals surface area contributed by atoms with Gasteiger partial charge in [0.2, 0.25) is 11.6 Å². The third-order valence-electron chi connectivity index (χ3n) is 6.17. The van der Waals surface area contributed by atoms with E-state index in [0.29, 0.717) is 21.9 Å². The van der Waals surface area contributed by atoms with Gasteiger partial charge in [-0.05, 0) is 62.1 Å². The Morgan fingerprint density at radius 3 is 2.39 bits per heavy atom. The van der Waals surface area contributed by atoms with E-state index in [0.717, 1.165) is 33.6 Å². The third-order valence-corrected chi connectivity index (χ3v) is 6.98. The fourth-order valence-corrected chi connectivity index (χ4v) is 4.84. The number of fused-ring (bicyclic) bond motifs is 1. The number of hydrogen-bond donors (Lipinski definition) is 0. The quantitative estimate of drug-likeness (QED) is 0.185. The number of nitro groups is 1. The highest BCUT2D eigenvalue weighted by molar-refractivity contribution is 7.07. The lowest BCUT2D eigenvalue weighted by Gasteiger charge is -2.08. The number of thiazole rings is 1. The van der Waals surface area contributed by atoms with Gasteiger partial charge in [0.15, 0.2) is 11.5 Å². The second kappa shape index (κ2) is 9.43. The van der Waals surface area contributed by atoms with Crippen molar-refractivity contribution in [2.24, 2.45) is 10.1 Å². The SMILES string of the molecule is Cc1ccc(-c2csc(=Nc3c(C)cccc3C)n2N=Cc2cc3c(cc2[N+](=O)[O-])OCO3)cc1C. The van der Waals surface area contributed by atoms with Gasteiger partial charge in [0.25, 0.3) is 5.69 Å². The van der Waals surface area contributed by atoms with Gasteiger partial charge in [-0.2, -0.15) is 5.10 Å². The van der Waals surface area contributed by atoms with Crippen molar-refractivity contribution in [1.82, 2.24) is 4.68 Å². The second-order valence-corrected chi connectivity index (χ2v) is 9.47. The molecule has 1 aliphatic heterocycles. The van der Waals surface area contributed by atoms with E-state index in [1.807, 2.05) is 43.5 Å². The largest absolute Gasteiger partial charge is 0.454 e. The molecular formula is C27H24N4O4S. The smallest absolute Gasteiger partial charge is 0.282 e. The Morgan fingerprint density at radius 2 is 1.69 bits per heavy atom. The molecule has 0 aliphatic carbocycles. The zero-order valence-corrected chi connectivity index (χ0v) is 21.1. The van der Waals surface area contributed by atoms with E-state index < -0.39 is 4.92 Å². The van der Waals surface area contributed by atoms with Gasteiger partial charge in [0, 0.05) is 10.9 Å². The molecule has 0 saturated heterocycles. The maximum absolute atomic E-state index is 11.7. The minimum atomic E-state index is -0.451. The molecule has 0 atom stereocenters. The first-order chi connectivity index (χ1) is 17.3. The first kappa shape index (κ1) is 23.5. The Bertz CT molecular complexity index is 1580. The molecule has 182 valence electrons. The molecule has 9 heteroatoms. The number of hydrogen-bond acceptors (Lipinski definition) is 7. The van der Waals surface area contributed by atoms with Gasteiger partial charge >= 0.3 is 0 Å². The van der Waals surface area contributed by atoms with Gasteiger partial charge in [0.1, 0.15) is 0 Å². The third kappa shape index (κ3) is 4.40. The number of nitrogens with zero attached hydrogens (tertiary/aromatic N) is 4. The van der Waals surface area contributed by atoms with E-state index in [2.05, 4.69) is 26.0 Å². The van der Waals surface area contributed by atoms with E-state index in [4.69, 9.17) is 19.6 Å². The van der Waals surface area contributed by atoms with Crippen LogP contribution in [0.4, 0.5) is 11.4 Å². The van der Waals surface area contributed by atoms with Crippen molar-refractivity contribution in [3.05, 3.63) is 96.6 Å². The van der Waals surface area contributed by atoms with E-state index in [-0.39, 0.29) is 12.5 Å². The zero-order valence-electron chi connectivity index (χ0n) is 20.3. The monoisotopic (exact) mass is 500 g/mol. The van der Waals surface area contributed by atoms with E-state index in [9.17, 15) is 10.1 Å². The highest BCUT2D eigenvalue weighted by atomic mass is 32.1. The molecule has 5 rings (SSSR count). The van der Waals surface area contributed by atoms with Crippen molar-refractivity contribution < 1.29 is 14.4 Å². The molecule has 8 nitrogen and oxygen atoms in total. The molecule has 1 aliphatic rings. The average molecular weight is 501 g/mol. The summed E-state index contributed by atoms with van der Waals surface area (Å²) in [6, 6.07) is 15.2. The molecule has 0 N–H and O–H groups in total. The number of rotatable bonds is 5. The number of ether oxygens (including phenoxy) is 2. The predicted octanol–water partition coefficient (Wildman–Crippen LogP) is 6.20. The lowest BCUT2D eigenvalue weighted by molar-refractivity contribution is -0.385. The van der Waals surface area contributed by atoms with Crippen LogP contribution in [0.2, 0.25) is 0 Å². The Morgan fingerprint density at radius 1 is 0.972 bits per heavy atom. The van der Waals surface area contributed by atoms with Crippen molar-refractivity contribution in [1.29, 1.82) is 0 Å². The zero-order chi connectivity index (χ0) is 25.4.